The van der Waals surface area contributed by atoms with Crippen molar-refractivity contribution in [2.45, 2.75) is 26.2 Å². The standard InChI is InChI=1S/C12H19P/c1-4-5-8-11-9-6-7-10-12(11)13(2)3/h6-7,9-10H,4-5,8H2,1-3H3. The first-order valence-corrected chi connectivity index (χ1v) is 7.24. The van der Waals surface area contributed by atoms with Gasteiger partial charge >= 0.3 is 0 Å². The molecule has 0 saturated carbocycles. The Balaban J connectivity index is 2.78. The SMILES string of the molecule is CCCCc1ccccc1P(C)C. The first-order valence-electron chi connectivity index (χ1n) is 5.01. The predicted octanol–water partition coefficient (Wildman–Crippen LogP) is 3.40. The summed E-state index contributed by atoms with van der Waals surface area (Å²) in [6.45, 7) is 6.92. The summed E-state index contributed by atoms with van der Waals surface area (Å²) in [6.07, 6.45) is 3.87. The van der Waals surface area contributed by atoms with Crippen molar-refractivity contribution in [3.8, 4) is 0 Å². The Hall–Kier alpha value is -0.350. The molecule has 0 aromatic heterocycles. The first-order chi connectivity index (χ1) is 6.25. The van der Waals surface area contributed by atoms with E-state index in [1.165, 1.54) is 19.3 Å². The van der Waals surface area contributed by atoms with Crippen LogP contribution in [0.25, 0.3) is 0 Å². The Labute approximate surface area is 83.1 Å². The summed E-state index contributed by atoms with van der Waals surface area (Å²) < 4.78 is 0. The van der Waals surface area contributed by atoms with Gasteiger partial charge in [-0.3, -0.25) is 0 Å². The van der Waals surface area contributed by atoms with Gasteiger partial charge in [-0.1, -0.05) is 45.5 Å². The van der Waals surface area contributed by atoms with E-state index in [9.17, 15) is 0 Å². The van der Waals surface area contributed by atoms with Crippen LogP contribution in [0.4, 0.5) is 0 Å². The van der Waals surface area contributed by atoms with Crippen molar-refractivity contribution in [1.29, 1.82) is 0 Å². The summed E-state index contributed by atoms with van der Waals surface area (Å²) in [5.74, 6) is 0. The van der Waals surface area contributed by atoms with Crippen LogP contribution in [0, 0.1) is 0 Å². The lowest BCUT2D eigenvalue weighted by molar-refractivity contribution is 0.798. The van der Waals surface area contributed by atoms with Crippen molar-refractivity contribution in [2.24, 2.45) is 0 Å². The second kappa shape index (κ2) is 5.40. The van der Waals surface area contributed by atoms with E-state index in [0.717, 1.165) is 0 Å². The van der Waals surface area contributed by atoms with Crippen LogP contribution in [-0.2, 0) is 6.42 Å². The normalized spacial score (nSPS) is 10.8. The van der Waals surface area contributed by atoms with Crippen LogP contribution < -0.4 is 5.30 Å². The van der Waals surface area contributed by atoms with Crippen LogP contribution in [0.3, 0.4) is 0 Å². The summed E-state index contributed by atoms with van der Waals surface area (Å²) in [4.78, 5) is 0. The predicted molar refractivity (Wildman–Crippen MR) is 63.5 cm³/mol. The molecule has 0 saturated heterocycles. The molecule has 0 atom stereocenters. The minimum atomic E-state index is 0.0671. The van der Waals surface area contributed by atoms with Gasteiger partial charge in [0.25, 0.3) is 0 Å². The molecule has 13 heavy (non-hydrogen) atoms. The molecule has 0 aliphatic heterocycles. The van der Waals surface area contributed by atoms with Crippen molar-refractivity contribution >= 4 is 13.2 Å². The van der Waals surface area contributed by atoms with Crippen LogP contribution in [0.2, 0.25) is 0 Å². The van der Waals surface area contributed by atoms with Crippen molar-refractivity contribution in [1.82, 2.24) is 0 Å². The number of hydrogen-bond donors (Lipinski definition) is 0. The molecule has 0 fully saturated rings. The molecule has 0 aliphatic carbocycles. The molecule has 0 spiro atoms. The van der Waals surface area contributed by atoms with E-state index in [4.69, 9.17) is 0 Å². The average Bonchev–Trinajstić information content (AvgIpc) is 2.15. The molecule has 0 heterocycles. The molecule has 72 valence electrons. The van der Waals surface area contributed by atoms with Gasteiger partial charge < -0.3 is 0 Å². The number of rotatable bonds is 4. The van der Waals surface area contributed by atoms with Crippen molar-refractivity contribution in [3.05, 3.63) is 29.8 Å². The summed E-state index contributed by atoms with van der Waals surface area (Å²) in [5.41, 5.74) is 1.57. The monoisotopic (exact) mass is 194 g/mol. The third kappa shape index (κ3) is 3.12. The van der Waals surface area contributed by atoms with Crippen LogP contribution in [0.15, 0.2) is 24.3 Å². The van der Waals surface area contributed by atoms with Crippen LogP contribution in [0.5, 0.6) is 0 Å². The Morgan fingerprint density at radius 3 is 2.46 bits per heavy atom. The smallest absolute Gasteiger partial charge is 0.0214 e. The maximum absolute atomic E-state index is 2.33. The molecule has 0 radical (unpaired) electrons. The number of hydrogen-bond acceptors (Lipinski definition) is 0. The topological polar surface area (TPSA) is 0 Å². The molecule has 0 N–H and O–H groups in total. The largest absolute Gasteiger partial charge is 0.0814 e. The molecule has 0 nitrogen and oxygen atoms in total. The summed E-state index contributed by atoms with van der Waals surface area (Å²) in [6, 6.07) is 8.89. The number of aryl methyl sites for hydroxylation is 1. The van der Waals surface area contributed by atoms with Gasteiger partial charge in [0.05, 0.1) is 0 Å². The second-order valence-corrected chi connectivity index (χ2v) is 5.90. The number of unbranched alkanes of at least 4 members (excludes halogenated alkanes) is 1. The zero-order valence-corrected chi connectivity index (χ0v) is 9.77. The van der Waals surface area contributed by atoms with Crippen LogP contribution >= 0.6 is 7.92 Å². The highest BCUT2D eigenvalue weighted by molar-refractivity contribution is 7.64. The molecule has 1 rings (SSSR count). The molecular weight excluding hydrogens is 175 g/mol. The van der Waals surface area contributed by atoms with E-state index in [1.54, 1.807) is 10.9 Å². The third-order valence-electron chi connectivity index (χ3n) is 2.27. The van der Waals surface area contributed by atoms with Gasteiger partial charge in [-0.15, -0.1) is 0 Å². The van der Waals surface area contributed by atoms with E-state index in [2.05, 4.69) is 44.5 Å². The van der Waals surface area contributed by atoms with E-state index in [-0.39, 0.29) is 7.92 Å². The molecule has 0 unspecified atom stereocenters. The molecule has 0 amide bonds. The van der Waals surface area contributed by atoms with E-state index >= 15 is 0 Å². The van der Waals surface area contributed by atoms with Gasteiger partial charge in [0.2, 0.25) is 0 Å². The number of benzene rings is 1. The van der Waals surface area contributed by atoms with E-state index < -0.39 is 0 Å². The quantitative estimate of drug-likeness (QED) is 0.644. The van der Waals surface area contributed by atoms with Crippen molar-refractivity contribution in [2.75, 3.05) is 13.3 Å². The second-order valence-electron chi connectivity index (χ2n) is 3.63. The fourth-order valence-electron chi connectivity index (χ4n) is 1.53. The summed E-state index contributed by atoms with van der Waals surface area (Å²) >= 11 is 0. The molecular formula is C12H19P. The average molecular weight is 194 g/mol. The molecule has 1 aromatic carbocycles. The first kappa shape index (κ1) is 10.7. The van der Waals surface area contributed by atoms with Gasteiger partial charge in [-0.05, 0) is 37.0 Å². The van der Waals surface area contributed by atoms with Crippen LogP contribution in [0.1, 0.15) is 25.3 Å². The lowest BCUT2D eigenvalue weighted by Gasteiger charge is -2.12. The maximum atomic E-state index is 2.33. The van der Waals surface area contributed by atoms with Gasteiger partial charge in [0, 0.05) is 0 Å². The van der Waals surface area contributed by atoms with Gasteiger partial charge in [-0.2, -0.15) is 0 Å². The third-order valence-corrected chi connectivity index (χ3v) is 3.67. The maximum Gasteiger partial charge on any atom is -0.0214 e. The zero-order valence-electron chi connectivity index (χ0n) is 8.88. The highest BCUT2D eigenvalue weighted by Gasteiger charge is 2.03. The Bertz CT molecular complexity index is 253. The highest BCUT2D eigenvalue weighted by Crippen LogP contribution is 2.25. The molecule has 0 aliphatic rings. The Morgan fingerprint density at radius 1 is 1.15 bits per heavy atom. The minimum Gasteiger partial charge on any atom is -0.0814 e. The molecule has 0 bridgehead atoms. The minimum absolute atomic E-state index is 0.0671. The highest BCUT2D eigenvalue weighted by atomic mass is 31.1. The Morgan fingerprint density at radius 2 is 1.85 bits per heavy atom. The molecule has 1 aromatic rings. The summed E-state index contributed by atoms with van der Waals surface area (Å²) in [7, 11) is 0.0671. The lowest BCUT2D eigenvalue weighted by Crippen LogP contribution is -2.06. The van der Waals surface area contributed by atoms with Gasteiger partial charge in [0.15, 0.2) is 0 Å². The van der Waals surface area contributed by atoms with Crippen molar-refractivity contribution < 1.29 is 0 Å². The molecule has 1 heteroatoms. The summed E-state index contributed by atoms with van der Waals surface area (Å²) in [5, 5.41) is 1.59. The van der Waals surface area contributed by atoms with Gasteiger partial charge in [0.1, 0.15) is 0 Å². The fraction of sp³-hybridized carbons (Fsp3) is 0.500. The van der Waals surface area contributed by atoms with Crippen molar-refractivity contribution in [3.63, 3.8) is 0 Å². The van der Waals surface area contributed by atoms with Gasteiger partial charge in [-0.25, -0.2) is 0 Å². The lowest BCUT2D eigenvalue weighted by atomic mass is 10.1. The van der Waals surface area contributed by atoms with Crippen LogP contribution in [-0.4, -0.2) is 13.3 Å². The zero-order chi connectivity index (χ0) is 9.68. The van der Waals surface area contributed by atoms with E-state index in [0.29, 0.717) is 0 Å². The Kier molecular flexibility index (Phi) is 4.45. The fourth-order valence-corrected chi connectivity index (χ4v) is 2.67. The van der Waals surface area contributed by atoms with E-state index in [1.807, 2.05) is 0 Å².